The molecule has 0 aromatic carbocycles. The Bertz CT molecular complexity index is 325. The van der Waals surface area contributed by atoms with Crippen molar-refractivity contribution in [1.82, 2.24) is 15.1 Å². The quantitative estimate of drug-likeness (QED) is 0.620. The van der Waals surface area contributed by atoms with Crippen molar-refractivity contribution in [2.45, 2.75) is 32.7 Å². The highest BCUT2D eigenvalue weighted by Crippen LogP contribution is 2.17. The number of unbranched alkanes of at least 4 members (excludes halogenated alkanes) is 2. The Balaban J connectivity index is 2.26. The Morgan fingerprint density at radius 2 is 2.12 bits per heavy atom. The van der Waals surface area contributed by atoms with Crippen molar-refractivity contribution < 1.29 is 0 Å². The van der Waals surface area contributed by atoms with Gasteiger partial charge >= 0.3 is 0 Å². The van der Waals surface area contributed by atoms with E-state index in [1.54, 1.807) is 4.68 Å². The summed E-state index contributed by atoms with van der Waals surface area (Å²) in [4.78, 5) is 0. The van der Waals surface area contributed by atoms with Gasteiger partial charge < -0.3 is 5.32 Å². The zero-order valence-corrected chi connectivity index (χ0v) is 12.2. The van der Waals surface area contributed by atoms with E-state index in [2.05, 4.69) is 26.3 Å². The second-order valence-corrected chi connectivity index (χ2v) is 5.06. The predicted molar refractivity (Wildman–Crippen MR) is 72.3 cm³/mol. The molecule has 0 saturated carbocycles. The molecule has 0 radical (unpaired) electrons. The molecular weight excluding hydrogens is 289 g/mol. The first-order valence-electron chi connectivity index (χ1n) is 5.61. The molecule has 1 heterocycles. The third-order valence-corrected chi connectivity index (χ3v) is 3.59. The van der Waals surface area contributed by atoms with Gasteiger partial charge in [0, 0.05) is 24.5 Å². The van der Waals surface area contributed by atoms with Gasteiger partial charge in [-0.3, -0.25) is 4.68 Å². The number of hydrogen-bond acceptors (Lipinski definition) is 2. The van der Waals surface area contributed by atoms with Crippen molar-refractivity contribution in [3.05, 3.63) is 16.4 Å². The van der Waals surface area contributed by atoms with Crippen LogP contribution in [0.15, 0.2) is 0 Å². The van der Waals surface area contributed by atoms with Gasteiger partial charge in [0.15, 0.2) is 0 Å². The average molecular weight is 309 g/mol. The lowest BCUT2D eigenvalue weighted by Crippen LogP contribution is -2.15. The first-order valence-corrected chi connectivity index (χ1v) is 7.11. The molecule has 1 rings (SSSR count). The molecule has 0 fully saturated rings. The van der Waals surface area contributed by atoms with E-state index < -0.39 is 0 Å². The summed E-state index contributed by atoms with van der Waals surface area (Å²) in [7, 11) is 1.87. The Morgan fingerprint density at radius 1 is 1.38 bits per heavy atom. The van der Waals surface area contributed by atoms with Crippen LogP contribution in [0.4, 0.5) is 0 Å². The minimum absolute atomic E-state index is 0.741. The van der Waals surface area contributed by atoms with E-state index in [1.807, 2.05) is 14.0 Å². The second kappa shape index (κ2) is 7.30. The van der Waals surface area contributed by atoms with E-state index >= 15 is 0 Å². The highest BCUT2D eigenvalue weighted by atomic mass is 79.9. The maximum absolute atomic E-state index is 6.13. The highest BCUT2D eigenvalue weighted by molar-refractivity contribution is 9.09. The van der Waals surface area contributed by atoms with Gasteiger partial charge in [-0.2, -0.15) is 5.10 Å². The fourth-order valence-electron chi connectivity index (χ4n) is 1.61. The van der Waals surface area contributed by atoms with Crippen LogP contribution in [0.2, 0.25) is 5.15 Å². The van der Waals surface area contributed by atoms with Crippen LogP contribution in [-0.2, 0) is 13.6 Å². The summed E-state index contributed by atoms with van der Waals surface area (Å²) in [6.45, 7) is 3.85. The first kappa shape index (κ1) is 14.0. The highest BCUT2D eigenvalue weighted by Gasteiger charge is 2.09. The smallest absolute Gasteiger partial charge is 0.131 e. The molecule has 0 atom stereocenters. The molecule has 92 valence electrons. The standard InChI is InChI=1S/C11H19BrClN3/c1-9-10(11(13)16(2)15-9)8-14-7-5-3-4-6-12/h14H,3-8H2,1-2H3. The number of aryl methyl sites for hydroxylation is 2. The lowest BCUT2D eigenvalue weighted by Gasteiger charge is -2.04. The van der Waals surface area contributed by atoms with Crippen LogP contribution < -0.4 is 5.32 Å². The van der Waals surface area contributed by atoms with Crippen molar-refractivity contribution >= 4 is 27.5 Å². The van der Waals surface area contributed by atoms with E-state index in [9.17, 15) is 0 Å². The number of halogens is 2. The summed E-state index contributed by atoms with van der Waals surface area (Å²) in [6, 6.07) is 0. The zero-order chi connectivity index (χ0) is 12.0. The van der Waals surface area contributed by atoms with E-state index in [0.29, 0.717) is 0 Å². The van der Waals surface area contributed by atoms with Gasteiger partial charge in [0.25, 0.3) is 0 Å². The second-order valence-electron chi connectivity index (χ2n) is 3.90. The van der Waals surface area contributed by atoms with Crippen LogP contribution in [0.25, 0.3) is 0 Å². The van der Waals surface area contributed by atoms with Gasteiger partial charge in [-0.05, 0) is 26.3 Å². The van der Waals surface area contributed by atoms with Gasteiger partial charge in [-0.25, -0.2) is 0 Å². The van der Waals surface area contributed by atoms with Crippen LogP contribution in [0.5, 0.6) is 0 Å². The fraction of sp³-hybridized carbons (Fsp3) is 0.727. The van der Waals surface area contributed by atoms with Crippen molar-refractivity contribution in [2.24, 2.45) is 7.05 Å². The lowest BCUT2D eigenvalue weighted by molar-refractivity contribution is 0.618. The Kier molecular flexibility index (Phi) is 6.39. The lowest BCUT2D eigenvalue weighted by atomic mass is 10.2. The van der Waals surface area contributed by atoms with Gasteiger partial charge in [0.2, 0.25) is 0 Å². The summed E-state index contributed by atoms with van der Waals surface area (Å²) in [5, 5.41) is 9.52. The van der Waals surface area contributed by atoms with Crippen molar-refractivity contribution in [2.75, 3.05) is 11.9 Å². The van der Waals surface area contributed by atoms with Crippen molar-refractivity contribution in [3.63, 3.8) is 0 Å². The Hall–Kier alpha value is -0.0600. The monoisotopic (exact) mass is 307 g/mol. The fourth-order valence-corrected chi connectivity index (χ4v) is 2.25. The Morgan fingerprint density at radius 3 is 2.69 bits per heavy atom. The topological polar surface area (TPSA) is 29.9 Å². The summed E-state index contributed by atoms with van der Waals surface area (Å²) in [6.07, 6.45) is 3.72. The molecule has 0 aliphatic rings. The van der Waals surface area contributed by atoms with Gasteiger partial charge in [-0.1, -0.05) is 34.0 Å². The molecular formula is C11H19BrClN3. The van der Waals surface area contributed by atoms with E-state index in [4.69, 9.17) is 11.6 Å². The molecule has 3 nitrogen and oxygen atoms in total. The zero-order valence-electron chi connectivity index (χ0n) is 9.89. The van der Waals surface area contributed by atoms with Crippen LogP contribution in [0.3, 0.4) is 0 Å². The molecule has 0 saturated heterocycles. The maximum Gasteiger partial charge on any atom is 0.131 e. The molecule has 0 unspecified atom stereocenters. The van der Waals surface area contributed by atoms with Crippen LogP contribution >= 0.6 is 27.5 Å². The molecule has 1 aromatic heterocycles. The van der Waals surface area contributed by atoms with E-state index in [1.165, 1.54) is 19.3 Å². The number of aromatic nitrogens is 2. The summed E-state index contributed by atoms with van der Waals surface area (Å²) in [5.41, 5.74) is 2.13. The summed E-state index contributed by atoms with van der Waals surface area (Å²) < 4.78 is 1.72. The molecule has 1 N–H and O–H groups in total. The average Bonchev–Trinajstić information content (AvgIpc) is 2.49. The number of nitrogens with one attached hydrogen (secondary N) is 1. The molecule has 5 heteroatoms. The van der Waals surface area contributed by atoms with Crippen LogP contribution in [-0.4, -0.2) is 21.7 Å². The molecule has 0 bridgehead atoms. The minimum Gasteiger partial charge on any atom is -0.312 e. The van der Waals surface area contributed by atoms with Crippen molar-refractivity contribution in [1.29, 1.82) is 0 Å². The van der Waals surface area contributed by atoms with E-state index in [0.717, 1.165) is 34.8 Å². The molecule has 0 amide bonds. The van der Waals surface area contributed by atoms with Gasteiger partial charge in [0.05, 0.1) is 5.69 Å². The first-order chi connectivity index (χ1) is 7.66. The third-order valence-electron chi connectivity index (χ3n) is 2.56. The minimum atomic E-state index is 0.741. The summed E-state index contributed by atoms with van der Waals surface area (Å²) >= 11 is 9.56. The number of hydrogen-bond donors (Lipinski definition) is 1. The summed E-state index contributed by atoms with van der Waals surface area (Å²) in [5.74, 6) is 0. The maximum atomic E-state index is 6.13. The molecule has 16 heavy (non-hydrogen) atoms. The third kappa shape index (κ3) is 4.07. The molecule has 0 aliphatic carbocycles. The normalized spacial score (nSPS) is 11.0. The Labute approximate surface area is 111 Å². The van der Waals surface area contributed by atoms with Crippen LogP contribution in [0, 0.1) is 6.92 Å². The number of nitrogens with zero attached hydrogens (tertiary/aromatic N) is 2. The number of alkyl halides is 1. The SMILES string of the molecule is Cc1nn(C)c(Cl)c1CNCCCCCBr. The van der Waals surface area contributed by atoms with Crippen molar-refractivity contribution in [3.8, 4) is 0 Å². The largest absolute Gasteiger partial charge is 0.312 e. The predicted octanol–water partition coefficient (Wildman–Crippen LogP) is 3.04. The van der Waals surface area contributed by atoms with Gasteiger partial charge in [0.1, 0.15) is 5.15 Å². The van der Waals surface area contributed by atoms with Crippen LogP contribution in [0.1, 0.15) is 30.5 Å². The van der Waals surface area contributed by atoms with Gasteiger partial charge in [-0.15, -0.1) is 0 Å². The number of rotatable bonds is 7. The van der Waals surface area contributed by atoms with E-state index in [-0.39, 0.29) is 0 Å². The molecule has 0 aliphatic heterocycles. The molecule has 1 aromatic rings. The molecule has 0 spiro atoms.